The molecule has 0 saturated carbocycles. The predicted molar refractivity (Wildman–Crippen MR) is 70.5 cm³/mol. The van der Waals surface area contributed by atoms with Crippen molar-refractivity contribution in [3.8, 4) is 5.69 Å². The minimum Gasteiger partial charge on any atom is -0.273 e. The van der Waals surface area contributed by atoms with Gasteiger partial charge >= 0.3 is 6.18 Å². The van der Waals surface area contributed by atoms with Crippen LogP contribution >= 0.6 is 0 Å². The van der Waals surface area contributed by atoms with Crippen LogP contribution < -0.4 is 0 Å². The lowest BCUT2D eigenvalue weighted by Crippen LogP contribution is -2.14. The van der Waals surface area contributed by atoms with E-state index in [2.05, 4.69) is 9.97 Å². The quantitative estimate of drug-likeness (QED) is 0.537. The monoisotopic (exact) mass is 308 g/mol. The Morgan fingerprint density at radius 2 is 1.82 bits per heavy atom. The Balaban J connectivity index is 2.26. The van der Waals surface area contributed by atoms with Crippen LogP contribution in [0.25, 0.3) is 16.9 Å². The van der Waals surface area contributed by atoms with Gasteiger partial charge in [0.1, 0.15) is 5.52 Å². The first-order valence-electron chi connectivity index (χ1n) is 6.03. The lowest BCUT2D eigenvalue weighted by atomic mass is 10.2. The van der Waals surface area contributed by atoms with Gasteiger partial charge < -0.3 is 0 Å². The zero-order valence-electron chi connectivity index (χ0n) is 10.8. The second kappa shape index (κ2) is 4.79. The maximum absolute atomic E-state index is 13.2. The maximum atomic E-state index is 13.2. The van der Waals surface area contributed by atoms with Crippen molar-refractivity contribution in [1.29, 1.82) is 0 Å². The number of nitrogens with zero attached hydrogens (tertiary/aromatic N) is 4. The number of benzene rings is 1. The van der Waals surface area contributed by atoms with Crippen LogP contribution in [0.5, 0.6) is 0 Å². The first-order valence-corrected chi connectivity index (χ1v) is 6.03. The number of imidazole rings is 1. The Labute approximate surface area is 121 Å². The van der Waals surface area contributed by atoms with Crippen molar-refractivity contribution in [3.05, 3.63) is 58.5 Å². The largest absolute Gasteiger partial charge is 0.450 e. The smallest absolute Gasteiger partial charge is 0.273 e. The molecule has 112 valence electrons. The molecule has 9 heteroatoms. The van der Waals surface area contributed by atoms with Gasteiger partial charge in [0, 0.05) is 24.0 Å². The fraction of sp³-hybridized carbons (Fsp3) is 0.0769. The highest BCUT2D eigenvalue weighted by atomic mass is 19.4. The van der Waals surface area contributed by atoms with Crippen LogP contribution in [-0.2, 0) is 6.18 Å². The molecule has 0 fully saturated rings. The molecule has 2 aromatic heterocycles. The van der Waals surface area contributed by atoms with Crippen molar-refractivity contribution in [2.75, 3.05) is 0 Å². The van der Waals surface area contributed by atoms with Crippen molar-refractivity contribution >= 4 is 16.9 Å². The van der Waals surface area contributed by atoms with Crippen LogP contribution in [0.1, 0.15) is 5.82 Å². The molecule has 0 unspecified atom stereocenters. The number of non-ortho nitro benzene ring substituents is 1. The molecular weight excluding hydrogens is 301 g/mol. The third kappa shape index (κ3) is 2.26. The molecule has 0 N–H and O–H groups in total. The molecule has 0 aliphatic heterocycles. The van der Waals surface area contributed by atoms with E-state index in [1.807, 2.05) is 0 Å². The molecule has 0 radical (unpaired) electrons. The summed E-state index contributed by atoms with van der Waals surface area (Å²) >= 11 is 0. The normalized spacial score (nSPS) is 11.8. The van der Waals surface area contributed by atoms with Gasteiger partial charge in [0.05, 0.1) is 4.92 Å². The molecule has 0 bridgehead atoms. The van der Waals surface area contributed by atoms with Crippen molar-refractivity contribution in [1.82, 2.24) is 14.5 Å². The molecule has 0 aliphatic rings. The summed E-state index contributed by atoms with van der Waals surface area (Å²) < 4.78 is 40.3. The predicted octanol–water partition coefficient (Wildman–Crippen LogP) is 3.35. The van der Waals surface area contributed by atoms with Crippen LogP contribution in [0.15, 0.2) is 42.6 Å². The van der Waals surface area contributed by atoms with Crippen LogP contribution in [0, 0.1) is 10.1 Å². The van der Waals surface area contributed by atoms with Gasteiger partial charge in [-0.25, -0.2) is 9.97 Å². The zero-order valence-corrected chi connectivity index (χ0v) is 10.8. The summed E-state index contributed by atoms with van der Waals surface area (Å²) in [4.78, 5) is 17.5. The minimum absolute atomic E-state index is 0.0312. The Bertz CT molecular complexity index is 856. The van der Waals surface area contributed by atoms with E-state index in [0.29, 0.717) is 0 Å². The fourth-order valence-corrected chi connectivity index (χ4v) is 2.07. The van der Waals surface area contributed by atoms with E-state index < -0.39 is 16.9 Å². The van der Waals surface area contributed by atoms with E-state index in [9.17, 15) is 23.3 Å². The molecule has 3 rings (SSSR count). The highest BCUT2D eigenvalue weighted by Gasteiger charge is 2.38. The van der Waals surface area contributed by atoms with Gasteiger partial charge in [-0.15, -0.1) is 0 Å². The summed E-state index contributed by atoms with van der Waals surface area (Å²) in [6, 6.07) is 7.61. The minimum atomic E-state index is -4.68. The lowest BCUT2D eigenvalue weighted by molar-refractivity contribution is -0.384. The number of nitro groups is 1. The zero-order chi connectivity index (χ0) is 15.9. The molecule has 0 amide bonds. The molecule has 2 heterocycles. The second-order valence-corrected chi connectivity index (χ2v) is 4.39. The van der Waals surface area contributed by atoms with Gasteiger partial charge in [0.25, 0.3) is 5.69 Å². The van der Waals surface area contributed by atoms with Crippen LogP contribution in [0.3, 0.4) is 0 Å². The summed E-state index contributed by atoms with van der Waals surface area (Å²) in [5.41, 5.74) is 0.00525. The molecular formula is C13H7F3N4O2. The van der Waals surface area contributed by atoms with Crippen LogP contribution in [-0.4, -0.2) is 19.5 Å². The van der Waals surface area contributed by atoms with Crippen molar-refractivity contribution in [2.24, 2.45) is 0 Å². The van der Waals surface area contributed by atoms with Gasteiger partial charge in [-0.2, -0.15) is 13.2 Å². The topological polar surface area (TPSA) is 73.8 Å². The number of halogens is 3. The number of hydrogen-bond donors (Lipinski definition) is 0. The molecule has 6 nitrogen and oxygen atoms in total. The average molecular weight is 308 g/mol. The van der Waals surface area contributed by atoms with E-state index in [0.717, 1.165) is 16.7 Å². The Hall–Kier alpha value is -2.97. The number of alkyl halides is 3. The van der Waals surface area contributed by atoms with E-state index in [1.165, 1.54) is 30.5 Å². The van der Waals surface area contributed by atoms with Crippen molar-refractivity contribution in [2.45, 2.75) is 6.18 Å². The van der Waals surface area contributed by atoms with E-state index >= 15 is 0 Å². The molecule has 3 aromatic rings. The van der Waals surface area contributed by atoms with Gasteiger partial charge in [-0.3, -0.25) is 14.7 Å². The van der Waals surface area contributed by atoms with Crippen LogP contribution in [0.2, 0.25) is 0 Å². The first-order chi connectivity index (χ1) is 10.4. The third-order valence-corrected chi connectivity index (χ3v) is 2.99. The van der Waals surface area contributed by atoms with E-state index in [4.69, 9.17) is 0 Å². The van der Waals surface area contributed by atoms with E-state index in [-0.39, 0.29) is 22.5 Å². The Morgan fingerprint density at radius 1 is 1.14 bits per heavy atom. The third-order valence-electron chi connectivity index (χ3n) is 2.99. The number of nitro benzene ring substituents is 1. The van der Waals surface area contributed by atoms with Crippen molar-refractivity contribution in [3.63, 3.8) is 0 Å². The molecule has 0 aliphatic carbocycles. The number of rotatable bonds is 2. The first kappa shape index (κ1) is 14.0. The van der Waals surface area contributed by atoms with Gasteiger partial charge in [-0.1, -0.05) is 0 Å². The van der Waals surface area contributed by atoms with Gasteiger partial charge in [-0.05, 0) is 24.3 Å². The number of aromatic nitrogens is 3. The Morgan fingerprint density at radius 3 is 2.41 bits per heavy atom. The van der Waals surface area contributed by atoms with Gasteiger partial charge in [0.15, 0.2) is 5.65 Å². The summed E-state index contributed by atoms with van der Waals surface area (Å²) in [5.74, 6) is -1.13. The number of hydrogen-bond acceptors (Lipinski definition) is 4. The lowest BCUT2D eigenvalue weighted by Gasteiger charge is -2.10. The average Bonchev–Trinajstić information content (AvgIpc) is 2.87. The van der Waals surface area contributed by atoms with Gasteiger partial charge in [0.2, 0.25) is 5.82 Å². The second-order valence-electron chi connectivity index (χ2n) is 4.39. The maximum Gasteiger partial charge on any atom is 0.450 e. The number of fused-ring (bicyclic) bond motifs is 1. The molecule has 22 heavy (non-hydrogen) atoms. The summed E-state index contributed by atoms with van der Waals surface area (Å²) in [6.45, 7) is 0. The molecule has 0 spiro atoms. The fourth-order valence-electron chi connectivity index (χ4n) is 2.07. The summed E-state index contributed by atoms with van der Waals surface area (Å²) in [7, 11) is 0. The van der Waals surface area contributed by atoms with Crippen LogP contribution in [0.4, 0.5) is 18.9 Å². The number of pyridine rings is 1. The molecule has 0 saturated heterocycles. The van der Waals surface area contributed by atoms with Crippen molar-refractivity contribution < 1.29 is 18.1 Å². The SMILES string of the molecule is O=[N+]([O-])c1ccc(-n2c(C(F)(F)F)nc3cccnc32)cc1. The highest BCUT2D eigenvalue weighted by molar-refractivity contribution is 5.74. The highest BCUT2D eigenvalue weighted by Crippen LogP contribution is 2.33. The molecule has 0 atom stereocenters. The standard InChI is InChI=1S/C13H7F3N4O2/c14-13(15,16)12-18-10-2-1-7-17-11(10)19(12)8-3-5-9(6-4-8)20(21)22/h1-7H. The Kier molecular flexibility index (Phi) is 3.05. The molecule has 1 aromatic carbocycles. The van der Waals surface area contributed by atoms with E-state index in [1.54, 1.807) is 0 Å². The summed E-state index contributed by atoms with van der Waals surface area (Å²) in [6.07, 6.45) is -3.32. The summed E-state index contributed by atoms with van der Waals surface area (Å²) in [5, 5.41) is 10.6.